The van der Waals surface area contributed by atoms with Gasteiger partial charge < -0.3 is 19.8 Å². The van der Waals surface area contributed by atoms with Crippen molar-refractivity contribution in [2.75, 3.05) is 33.9 Å². The molecular formula is C24H29N3O3. The molecule has 4 rings (SSSR count). The van der Waals surface area contributed by atoms with E-state index >= 15 is 0 Å². The van der Waals surface area contributed by atoms with Crippen molar-refractivity contribution in [1.29, 1.82) is 0 Å². The lowest BCUT2D eigenvalue weighted by Crippen LogP contribution is -2.38. The number of carbonyl (C=O) groups is 1. The number of amides is 1. The van der Waals surface area contributed by atoms with Gasteiger partial charge in [0.1, 0.15) is 0 Å². The van der Waals surface area contributed by atoms with Crippen molar-refractivity contribution in [2.24, 2.45) is 0 Å². The Hall–Kier alpha value is -2.99. The van der Waals surface area contributed by atoms with Crippen LogP contribution in [0.2, 0.25) is 0 Å². The highest BCUT2D eigenvalue weighted by Crippen LogP contribution is 2.33. The van der Waals surface area contributed by atoms with E-state index in [1.165, 1.54) is 11.1 Å². The zero-order valence-electron chi connectivity index (χ0n) is 17.9. The minimum absolute atomic E-state index is 0.0617. The molecule has 0 fully saturated rings. The third-order valence-electron chi connectivity index (χ3n) is 5.91. The van der Waals surface area contributed by atoms with E-state index in [0.717, 1.165) is 59.7 Å². The van der Waals surface area contributed by atoms with Crippen LogP contribution in [0, 0.1) is 6.92 Å². The van der Waals surface area contributed by atoms with E-state index in [1.807, 2.05) is 25.1 Å². The molecule has 1 aliphatic rings. The third kappa shape index (κ3) is 4.14. The van der Waals surface area contributed by atoms with Crippen LogP contribution in [0.25, 0.3) is 10.9 Å². The number of H-pyrrole nitrogens is 1. The van der Waals surface area contributed by atoms with E-state index in [-0.39, 0.29) is 5.91 Å². The van der Waals surface area contributed by atoms with Crippen LogP contribution >= 0.6 is 0 Å². The van der Waals surface area contributed by atoms with E-state index in [9.17, 15) is 4.79 Å². The number of hydrogen-bond donors (Lipinski definition) is 2. The molecule has 158 valence electrons. The van der Waals surface area contributed by atoms with Crippen LogP contribution in [-0.4, -0.2) is 49.6 Å². The van der Waals surface area contributed by atoms with Gasteiger partial charge in [0, 0.05) is 42.8 Å². The van der Waals surface area contributed by atoms with Crippen molar-refractivity contribution < 1.29 is 14.3 Å². The van der Waals surface area contributed by atoms with Gasteiger partial charge in [0.2, 0.25) is 5.91 Å². The number of aromatic amines is 1. The maximum Gasteiger partial charge on any atom is 0.224 e. The molecule has 1 amide bonds. The van der Waals surface area contributed by atoms with Gasteiger partial charge in [-0.15, -0.1) is 0 Å². The molecule has 6 nitrogen and oxygen atoms in total. The summed E-state index contributed by atoms with van der Waals surface area (Å²) in [5, 5.41) is 4.21. The Morgan fingerprint density at radius 1 is 1.13 bits per heavy atom. The number of carbonyl (C=O) groups excluding carboxylic acids is 1. The summed E-state index contributed by atoms with van der Waals surface area (Å²) < 4.78 is 10.8. The lowest BCUT2D eigenvalue weighted by Gasteiger charge is -2.29. The number of benzene rings is 2. The van der Waals surface area contributed by atoms with Crippen LogP contribution in [0.3, 0.4) is 0 Å². The van der Waals surface area contributed by atoms with Gasteiger partial charge >= 0.3 is 0 Å². The average Bonchev–Trinajstić information content (AvgIpc) is 3.07. The Kier molecular flexibility index (Phi) is 5.95. The van der Waals surface area contributed by atoms with Crippen LogP contribution in [0.4, 0.5) is 0 Å². The number of para-hydroxylation sites is 1. The van der Waals surface area contributed by atoms with Gasteiger partial charge in [0.05, 0.1) is 20.6 Å². The van der Waals surface area contributed by atoms with Gasteiger partial charge in [0.15, 0.2) is 11.5 Å². The molecule has 0 aliphatic carbocycles. The SMILES string of the molecule is COc1cc2c(cc1OC)CN(CCNC(=O)Cc1c(C)[nH]c3ccccc13)CC2. The molecule has 6 heteroatoms. The lowest BCUT2D eigenvalue weighted by molar-refractivity contribution is -0.120. The van der Waals surface area contributed by atoms with Crippen LogP contribution in [0.5, 0.6) is 11.5 Å². The summed E-state index contributed by atoms with van der Waals surface area (Å²) in [6.07, 6.45) is 1.37. The number of nitrogens with one attached hydrogen (secondary N) is 2. The molecule has 2 aromatic carbocycles. The minimum atomic E-state index is 0.0617. The highest BCUT2D eigenvalue weighted by molar-refractivity contribution is 5.90. The third-order valence-corrected chi connectivity index (χ3v) is 5.91. The Balaban J connectivity index is 1.32. The second-order valence-electron chi connectivity index (χ2n) is 7.80. The zero-order valence-corrected chi connectivity index (χ0v) is 17.9. The summed E-state index contributed by atoms with van der Waals surface area (Å²) in [6.45, 7) is 5.32. The number of nitrogens with zero attached hydrogens (tertiary/aromatic N) is 1. The molecule has 30 heavy (non-hydrogen) atoms. The topological polar surface area (TPSA) is 66.6 Å². The van der Waals surface area contributed by atoms with Crippen LogP contribution in [-0.2, 0) is 24.2 Å². The maximum atomic E-state index is 12.5. The number of hydrogen-bond acceptors (Lipinski definition) is 4. The summed E-state index contributed by atoms with van der Waals surface area (Å²) >= 11 is 0. The van der Waals surface area contributed by atoms with E-state index in [1.54, 1.807) is 14.2 Å². The summed E-state index contributed by atoms with van der Waals surface area (Å²) in [4.78, 5) is 18.3. The number of aryl methyl sites for hydroxylation is 1. The molecule has 0 spiro atoms. The lowest BCUT2D eigenvalue weighted by atomic mass is 9.99. The van der Waals surface area contributed by atoms with Crippen molar-refractivity contribution >= 4 is 16.8 Å². The predicted molar refractivity (Wildman–Crippen MR) is 118 cm³/mol. The second kappa shape index (κ2) is 8.79. The molecule has 0 bridgehead atoms. The van der Waals surface area contributed by atoms with Gasteiger partial charge in [-0.3, -0.25) is 9.69 Å². The van der Waals surface area contributed by atoms with E-state index in [4.69, 9.17) is 9.47 Å². The molecular weight excluding hydrogens is 378 g/mol. The summed E-state index contributed by atoms with van der Waals surface area (Å²) in [5.41, 5.74) is 5.79. The van der Waals surface area contributed by atoms with Crippen molar-refractivity contribution in [3.63, 3.8) is 0 Å². The van der Waals surface area contributed by atoms with Crippen LogP contribution < -0.4 is 14.8 Å². The molecule has 3 aromatic rings. The molecule has 0 radical (unpaired) electrons. The largest absolute Gasteiger partial charge is 0.493 e. The first-order valence-electron chi connectivity index (χ1n) is 10.4. The summed E-state index contributed by atoms with van der Waals surface area (Å²) in [5.74, 6) is 1.61. The number of aromatic nitrogens is 1. The quantitative estimate of drug-likeness (QED) is 0.631. The molecule has 2 N–H and O–H groups in total. The van der Waals surface area contributed by atoms with Crippen molar-refractivity contribution in [2.45, 2.75) is 26.3 Å². The Morgan fingerprint density at radius 3 is 2.63 bits per heavy atom. The first-order valence-corrected chi connectivity index (χ1v) is 10.4. The van der Waals surface area contributed by atoms with E-state index in [0.29, 0.717) is 13.0 Å². The molecule has 1 aliphatic heterocycles. The van der Waals surface area contributed by atoms with Gasteiger partial charge in [0.25, 0.3) is 0 Å². The van der Waals surface area contributed by atoms with Crippen LogP contribution in [0.15, 0.2) is 36.4 Å². The first kappa shape index (κ1) is 20.3. The highest BCUT2D eigenvalue weighted by Gasteiger charge is 2.19. The molecule has 2 heterocycles. The van der Waals surface area contributed by atoms with Crippen molar-refractivity contribution in [3.8, 4) is 11.5 Å². The van der Waals surface area contributed by atoms with Crippen molar-refractivity contribution in [1.82, 2.24) is 15.2 Å². The fourth-order valence-electron chi connectivity index (χ4n) is 4.27. The standard InChI is InChI=1S/C24H29N3O3/c1-16-20(19-6-4-5-7-21(19)26-16)14-24(28)25-9-11-27-10-8-17-12-22(29-2)23(30-3)13-18(17)15-27/h4-7,12-13,26H,8-11,14-15H2,1-3H3,(H,25,28). The Labute approximate surface area is 177 Å². The second-order valence-corrected chi connectivity index (χ2v) is 7.80. The number of ether oxygens (including phenoxy) is 2. The van der Waals surface area contributed by atoms with E-state index in [2.05, 4.69) is 33.4 Å². The molecule has 0 saturated heterocycles. The number of fused-ring (bicyclic) bond motifs is 2. The molecule has 0 atom stereocenters. The Morgan fingerprint density at radius 2 is 1.87 bits per heavy atom. The maximum absolute atomic E-state index is 12.5. The monoisotopic (exact) mass is 407 g/mol. The number of methoxy groups -OCH3 is 2. The van der Waals surface area contributed by atoms with Gasteiger partial charge in [-0.1, -0.05) is 18.2 Å². The number of rotatable bonds is 7. The fourth-order valence-corrected chi connectivity index (χ4v) is 4.27. The smallest absolute Gasteiger partial charge is 0.224 e. The summed E-state index contributed by atoms with van der Waals surface area (Å²) in [6, 6.07) is 12.3. The van der Waals surface area contributed by atoms with Gasteiger partial charge in [-0.25, -0.2) is 0 Å². The average molecular weight is 408 g/mol. The molecule has 0 unspecified atom stereocenters. The van der Waals surface area contributed by atoms with Crippen LogP contribution in [0.1, 0.15) is 22.4 Å². The minimum Gasteiger partial charge on any atom is -0.493 e. The molecule has 1 aromatic heterocycles. The zero-order chi connectivity index (χ0) is 21.1. The van der Waals surface area contributed by atoms with Gasteiger partial charge in [-0.05, 0) is 48.2 Å². The van der Waals surface area contributed by atoms with Gasteiger partial charge in [-0.2, -0.15) is 0 Å². The van der Waals surface area contributed by atoms with E-state index < -0.39 is 0 Å². The fraction of sp³-hybridized carbons (Fsp3) is 0.375. The highest BCUT2D eigenvalue weighted by atomic mass is 16.5. The first-order chi connectivity index (χ1) is 14.6. The molecule has 0 saturated carbocycles. The Bertz CT molecular complexity index is 1060. The summed E-state index contributed by atoms with van der Waals surface area (Å²) in [7, 11) is 3.33. The van der Waals surface area contributed by atoms with Crippen molar-refractivity contribution in [3.05, 3.63) is 58.8 Å². The normalized spacial score (nSPS) is 13.8. The predicted octanol–water partition coefficient (Wildman–Crippen LogP) is 3.21.